The van der Waals surface area contributed by atoms with E-state index in [0.29, 0.717) is 10.6 Å². The van der Waals surface area contributed by atoms with E-state index >= 15 is 0 Å². The number of carbonyl (C=O) groups excluding carboxylic acids is 3. The molecule has 0 aliphatic heterocycles. The van der Waals surface area contributed by atoms with Gasteiger partial charge < -0.3 is 15.0 Å². The minimum Gasteiger partial charge on any atom is -0.371 e. The van der Waals surface area contributed by atoms with E-state index in [2.05, 4.69) is 17.2 Å². The zero-order valence-electron chi connectivity index (χ0n) is 17.8. The van der Waals surface area contributed by atoms with E-state index < -0.39 is 29.4 Å². The molecule has 1 rings (SSSR count). The second kappa shape index (κ2) is 11.6. The monoisotopic (exact) mass is 437 g/mol. The van der Waals surface area contributed by atoms with E-state index in [1.807, 2.05) is 20.8 Å². The van der Waals surface area contributed by atoms with Crippen molar-refractivity contribution in [3.05, 3.63) is 34.9 Å². The molecule has 1 aromatic carbocycles. The molecule has 0 aliphatic carbocycles. The lowest BCUT2D eigenvalue weighted by molar-refractivity contribution is -0.150. The third-order valence-corrected chi connectivity index (χ3v) is 4.57. The molecular formula is C21H28ClN3O5. The van der Waals surface area contributed by atoms with Crippen LogP contribution in [0.15, 0.2) is 24.3 Å². The van der Waals surface area contributed by atoms with E-state index in [4.69, 9.17) is 21.5 Å². The Balaban J connectivity index is 3.23. The van der Waals surface area contributed by atoms with E-state index in [1.165, 1.54) is 24.5 Å². The Hall–Kier alpha value is -2.60. The summed E-state index contributed by atoms with van der Waals surface area (Å²) < 4.78 is 4.99. The van der Waals surface area contributed by atoms with Crippen molar-refractivity contribution in [1.82, 2.24) is 15.7 Å². The number of hydrogen-bond acceptors (Lipinski definition) is 5. The summed E-state index contributed by atoms with van der Waals surface area (Å²) in [5.41, 5.74) is 1.56. The van der Waals surface area contributed by atoms with Crippen molar-refractivity contribution in [3.8, 4) is 11.8 Å². The molecular weight excluding hydrogens is 410 g/mol. The van der Waals surface area contributed by atoms with Gasteiger partial charge in [-0.1, -0.05) is 44.2 Å². The van der Waals surface area contributed by atoms with Crippen molar-refractivity contribution in [1.29, 1.82) is 0 Å². The highest BCUT2D eigenvalue weighted by molar-refractivity contribution is 6.30. The number of likely N-dealkylation sites (N-methyl/N-ethyl adjacent to an activating group) is 1. The lowest BCUT2D eigenvalue weighted by atomic mass is 9.84. The number of nitrogens with one attached hydrogen (secondary N) is 2. The van der Waals surface area contributed by atoms with Gasteiger partial charge in [-0.05, 0) is 29.7 Å². The largest absolute Gasteiger partial charge is 0.371 e. The summed E-state index contributed by atoms with van der Waals surface area (Å²) in [6.45, 7) is 5.43. The Morgan fingerprint density at radius 1 is 1.20 bits per heavy atom. The van der Waals surface area contributed by atoms with Crippen molar-refractivity contribution in [2.75, 3.05) is 20.7 Å². The van der Waals surface area contributed by atoms with Crippen LogP contribution in [-0.4, -0.2) is 60.7 Å². The molecule has 0 saturated heterocycles. The maximum Gasteiger partial charge on any atom is 0.272 e. The molecule has 0 radical (unpaired) electrons. The molecule has 164 valence electrons. The Morgan fingerprint density at radius 2 is 1.80 bits per heavy atom. The average molecular weight is 438 g/mol. The van der Waals surface area contributed by atoms with Gasteiger partial charge in [0, 0.05) is 24.7 Å². The van der Waals surface area contributed by atoms with Gasteiger partial charge in [-0.15, -0.1) is 0 Å². The van der Waals surface area contributed by atoms with Crippen molar-refractivity contribution < 1.29 is 24.3 Å². The van der Waals surface area contributed by atoms with Gasteiger partial charge in [0.1, 0.15) is 12.1 Å². The van der Waals surface area contributed by atoms with E-state index in [9.17, 15) is 14.4 Å². The second-order valence-electron chi connectivity index (χ2n) is 7.62. The lowest BCUT2D eigenvalue weighted by Crippen LogP contribution is -2.56. The predicted molar refractivity (Wildman–Crippen MR) is 113 cm³/mol. The Labute approximate surface area is 181 Å². The van der Waals surface area contributed by atoms with Crippen molar-refractivity contribution in [2.45, 2.75) is 39.3 Å². The van der Waals surface area contributed by atoms with Crippen LogP contribution >= 0.6 is 11.6 Å². The zero-order valence-corrected chi connectivity index (χ0v) is 18.5. The van der Waals surface area contributed by atoms with Crippen LogP contribution in [0.25, 0.3) is 0 Å². The number of nitrogens with zero attached hydrogens (tertiary/aromatic N) is 1. The molecule has 30 heavy (non-hydrogen) atoms. The number of hydrogen-bond donors (Lipinski definition) is 3. The van der Waals surface area contributed by atoms with Gasteiger partial charge in [-0.2, -0.15) is 0 Å². The number of amides is 3. The van der Waals surface area contributed by atoms with E-state index in [0.717, 1.165) is 0 Å². The van der Waals surface area contributed by atoms with Gasteiger partial charge in [0.25, 0.3) is 5.91 Å². The predicted octanol–water partition coefficient (Wildman–Crippen LogP) is 1.59. The average Bonchev–Trinajstić information content (AvgIpc) is 2.70. The van der Waals surface area contributed by atoms with E-state index in [1.54, 1.807) is 24.3 Å². The normalized spacial score (nSPS) is 12.8. The highest BCUT2D eigenvalue weighted by Crippen LogP contribution is 2.25. The van der Waals surface area contributed by atoms with Crippen LogP contribution in [0, 0.1) is 17.3 Å². The van der Waals surface area contributed by atoms with Crippen molar-refractivity contribution in [3.63, 3.8) is 0 Å². The summed E-state index contributed by atoms with van der Waals surface area (Å²) >= 11 is 5.87. The van der Waals surface area contributed by atoms with Gasteiger partial charge in [0.2, 0.25) is 11.8 Å². The van der Waals surface area contributed by atoms with Crippen LogP contribution in [0.3, 0.4) is 0 Å². The zero-order chi connectivity index (χ0) is 22.9. The molecule has 0 aliphatic rings. The van der Waals surface area contributed by atoms with Crippen LogP contribution in [0.4, 0.5) is 0 Å². The number of rotatable bonds is 7. The van der Waals surface area contributed by atoms with Crippen LogP contribution in [0.2, 0.25) is 5.02 Å². The minimum atomic E-state index is -1.21. The van der Waals surface area contributed by atoms with Crippen LogP contribution in [-0.2, 0) is 19.1 Å². The summed E-state index contributed by atoms with van der Waals surface area (Å²) in [6, 6.07) is 6.05. The molecule has 8 nitrogen and oxygen atoms in total. The van der Waals surface area contributed by atoms with E-state index in [-0.39, 0.29) is 18.9 Å². The quantitative estimate of drug-likeness (QED) is 0.341. The summed E-state index contributed by atoms with van der Waals surface area (Å²) in [7, 11) is 2.73. The van der Waals surface area contributed by atoms with Crippen molar-refractivity contribution >= 4 is 29.3 Å². The Morgan fingerprint density at radius 3 is 2.27 bits per heavy atom. The first-order valence-electron chi connectivity index (χ1n) is 9.27. The fraction of sp³-hybridized carbons (Fsp3) is 0.476. The number of benzene rings is 1. The molecule has 0 unspecified atom stereocenters. The number of methoxy groups -OCH3 is 1. The molecule has 2 atom stereocenters. The van der Waals surface area contributed by atoms with Crippen LogP contribution in [0.5, 0.6) is 0 Å². The standard InChI is InChI=1S/C21H28ClN3O5/c1-21(2,3)18(20(28)23-4)25(17(26)13-16(30-5)19(27)24-29)12-6-7-14-8-10-15(22)11-9-14/h8-11,16,18,29H,12-13H2,1-5H3,(H,23,28)(H,24,27)/t16-,18+/m0/s1. The molecule has 0 bridgehead atoms. The highest BCUT2D eigenvalue weighted by atomic mass is 35.5. The van der Waals surface area contributed by atoms with Gasteiger partial charge in [0.05, 0.1) is 13.0 Å². The van der Waals surface area contributed by atoms with Gasteiger partial charge in [-0.3, -0.25) is 19.6 Å². The summed E-state index contributed by atoms with van der Waals surface area (Å²) in [5, 5.41) is 12.0. The molecule has 0 spiro atoms. The van der Waals surface area contributed by atoms with Crippen molar-refractivity contribution in [2.24, 2.45) is 5.41 Å². The van der Waals surface area contributed by atoms with Gasteiger partial charge >= 0.3 is 0 Å². The molecule has 0 saturated carbocycles. The SMILES string of the molecule is CNC(=O)[C@@H](N(CC#Cc1ccc(Cl)cc1)C(=O)C[C@H](OC)C(=O)NO)C(C)(C)C. The number of carbonyl (C=O) groups is 3. The molecule has 9 heteroatoms. The Bertz CT molecular complexity index is 809. The molecule has 1 aromatic rings. The first-order chi connectivity index (χ1) is 14.0. The first kappa shape index (κ1) is 25.4. The minimum absolute atomic E-state index is 0.0476. The third-order valence-electron chi connectivity index (χ3n) is 4.32. The molecule has 3 N–H and O–H groups in total. The second-order valence-corrected chi connectivity index (χ2v) is 8.05. The number of halogens is 1. The summed E-state index contributed by atoms with van der Waals surface area (Å²) in [6.07, 6.45) is -1.57. The maximum atomic E-state index is 13.0. The molecule has 0 fully saturated rings. The molecule has 0 heterocycles. The lowest BCUT2D eigenvalue weighted by Gasteiger charge is -2.38. The fourth-order valence-electron chi connectivity index (χ4n) is 2.85. The number of hydroxylamine groups is 1. The smallest absolute Gasteiger partial charge is 0.272 e. The summed E-state index contributed by atoms with van der Waals surface area (Å²) in [5.74, 6) is 4.12. The molecule has 0 aromatic heterocycles. The third kappa shape index (κ3) is 7.34. The van der Waals surface area contributed by atoms with Crippen LogP contribution < -0.4 is 10.8 Å². The number of ether oxygens (including phenoxy) is 1. The first-order valence-corrected chi connectivity index (χ1v) is 9.65. The highest BCUT2D eigenvalue weighted by Gasteiger charge is 2.39. The van der Waals surface area contributed by atoms with Crippen LogP contribution in [0.1, 0.15) is 32.8 Å². The summed E-state index contributed by atoms with van der Waals surface area (Å²) in [4.78, 5) is 38.7. The van der Waals surface area contributed by atoms with Gasteiger partial charge in [-0.25, -0.2) is 5.48 Å². The molecule has 3 amide bonds. The Kier molecular flexibility index (Phi) is 9.79. The topological polar surface area (TPSA) is 108 Å². The van der Waals surface area contributed by atoms with Gasteiger partial charge in [0.15, 0.2) is 0 Å². The maximum absolute atomic E-state index is 13.0. The fourth-order valence-corrected chi connectivity index (χ4v) is 2.98.